The third-order valence-corrected chi connectivity index (χ3v) is 4.94. The maximum Gasteiger partial charge on any atom is 0.0738 e. The number of halogens is 1. The minimum atomic E-state index is 0.436. The van der Waals surface area contributed by atoms with Gasteiger partial charge < -0.3 is 5.73 Å². The molecule has 2 N–H and O–H groups in total. The van der Waals surface area contributed by atoms with Crippen molar-refractivity contribution < 1.29 is 0 Å². The topological polar surface area (TPSA) is 43.8 Å². The monoisotopic (exact) mass is 349 g/mol. The fourth-order valence-corrected chi connectivity index (χ4v) is 3.08. The quantitative estimate of drug-likeness (QED) is 0.864. The first-order chi connectivity index (χ1) is 10.0. The number of hydrogen-bond acceptors (Lipinski definition) is 2. The maximum absolute atomic E-state index is 6.00. The molecule has 1 unspecified atom stereocenters. The van der Waals surface area contributed by atoms with E-state index >= 15 is 0 Å². The summed E-state index contributed by atoms with van der Waals surface area (Å²) in [5, 5.41) is 4.56. The standard InChI is InChI=1S/C17H24BrN3/c1-4-21-16(17(18)13(3)20-21)10-15(11-19)9-14-7-5-12(2)6-8-14/h5-8,15H,4,9-11,19H2,1-3H3. The van der Waals surface area contributed by atoms with E-state index in [9.17, 15) is 0 Å². The molecule has 1 heterocycles. The van der Waals surface area contributed by atoms with Crippen molar-refractivity contribution in [2.45, 2.75) is 40.2 Å². The molecule has 0 saturated carbocycles. The van der Waals surface area contributed by atoms with Gasteiger partial charge in [0.05, 0.1) is 15.9 Å². The summed E-state index contributed by atoms with van der Waals surface area (Å²) < 4.78 is 3.21. The molecule has 21 heavy (non-hydrogen) atoms. The molecule has 2 aromatic rings. The second-order valence-corrected chi connectivity index (χ2v) is 6.45. The smallest absolute Gasteiger partial charge is 0.0738 e. The summed E-state index contributed by atoms with van der Waals surface area (Å²) in [6.45, 7) is 7.86. The van der Waals surface area contributed by atoms with Crippen molar-refractivity contribution >= 4 is 15.9 Å². The number of benzene rings is 1. The Bertz CT molecular complexity index is 587. The summed E-state index contributed by atoms with van der Waals surface area (Å²) in [5.74, 6) is 0.436. The van der Waals surface area contributed by atoms with E-state index in [1.165, 1.54) is 16.8 Å². The zero-order valence-electron chi connectivity index (χ0n) is 13.1. The van der Waals surface area contributed by atoms with Gasteiger partial charge in [-0.2, -0.15) is 5.10 Å². The van der Waals surface area contributed by atoms with E-state index in [1.807, 2.05) is 6.92 Å². The third-order valence-electron chi connectivity index (χ3n) is 3.91. The van der Waals surface area contributed by atoms with Crippen LogP contribution in [0.1, 0.15) is 29.4 Å². The van der Waals surface area contributed by atoms with Gasteiger partial charge >= 0.3 is 0 Å². The first-order valence-corrected chi connectivity index (χ1v) is 8.31. The van der Waals surface area contributed by atoms with Crippen molar-refractivity contribution in [2.75, 3.05) is 6.54 Å². The minimum absolute atomic E-state index is 0.436. The summed E-state index contributed by atoms with van der Waals surface area (Å²) in [6, 6.07) is 8.74. The number of nitrogens with two attached hydrogens (primary N) is 1. The predicted octanol–water partition coefficient (Wildman–Crippen LogP) is 3.64. The van der Waals surface area contributed by atoms with Gasteiger partial charge in [-0.05, 0) is 67.6 Å². The van der Waals surface area contributed by atoms with E-state index in [2.05, 4.69) is 63.8 Å². The SMILES string of the molecule is CCn1nc(C)c(Br)c1CC(CN)Cc1ccc(C)cc1. The van der Waals surface area contributed by atoms with Gasteiger partial charge in [0.15, 0.2) is 0 Å². The van der Waals surface area contributed by atoms with Crippen LogP contribution in [0.4, 0.5) is 0 Å². The molecule has 0 spiro atoms. The van der Waals surface area contributed by atoms with Crippen molar-refractivity contribution in [2.24, 2.45) is 11.7 Å². The van der Waals surface area contributed by atoms with Gasteiger partial charge in [-0.3, -0.25) is 4.68 Å². The highest BCUT2D eigenvalue weighted by Crippen LogP contribution is 2.25. The highest BCUT2D eigenvalue weighted by atomic mass is 79.9. The van der Waals surface area contributed by atoms with Gasteiger partial charge in [-0.1, -0.05) is 29.8 Å². The molecule has 0 bridgehead atoms. The molecular formula is C17H24BrN3. The Morgan fingerprint density at radius 1 is 1.19 bits per heavy atom. The van der Waals surface area contributed by atoms with Gasteiger partial charge in [0.25, 0.3) is 0 Å². The minimum Gasteiger partial charge on any atom is -0.330 e. The Kier molecular flexibility index (Phi) is 5.59. The first-order valence-electron chi connectivity index (χ1n) is 7.52. The Hall–Kier alpha value is -1.13. The number of aromatic nitrogens is 2. The van der Waals surface area contributed by atoms with Crippen molar-refractivity contribution in [1.82, 2.24) is 9.78 Å². The molecule has 0 amide bonds. The molecule has 2 rings (SSSR count). The second kappa shape index (κ2) is 7.23. The lowest BCUT2D eigenvalue weighted by Crippen LogP contribution is -2.21. The van der Waals surface area contributed by atoms with Gasteiger partial charge in [-0.25, -0.2) is 0 Å². The Morgan fingerprint density at radius 2 is 1.86 bits per heavy atom. The third kappa shape index (κ3) is 3.95. The molecule has 0 aliphatic heterocycles. The number of nitrogens with zero attached hydrogens (tertiary/aromatic N) is 2. The summed E-state index contributed by atoms with van der Waals surface area (Å²) >= 11 is 3.67. The van der Waals surface area contributed by atoms with Crippen LogP contribution in [-0.4, -0.2) is 16.3 Å². The highest BCUT2D eigenvalue weighted by molar-refractivity contribution is 9.10. The molecule has 1 aromatic carbocycles. The molecule has 0 fully saturated rings. The molecule has 1 atom stereocenters. The number of hydrogen-bond donors (Lipinski definition) is 1. The van der Waals surface area contributed by atoms with Crippen LogP contribution in [-0.2, 0) is 19.4 Å². The fourth-order valence-electron chi connectivity index (χ4n) is 2.63. The van der Waals surface area contributed by atoms with Crippen LogP contribution in [0.3, 0.4) is 0 Å². The molecule has 0 aliphatic carbocycles. The summed E-state index contributed by atoms with van der Waals surface area (Å²) in [6.07, 6.45) is 1.97. The lowest BCUT2D eigenvalue weighted by atomic mass is 9.94. The predicted molar refractivity (Wildman–Crippen MR) is 91.5 cm³/mol. The molecule has 0 radical (unpaired) electrons. The lowest BCUT2D eigenvalue weighted by Gasteiger charge is -2.16. The summed E-state index contributed by atoms with van der Waals surface area (Å²) in [5.41, 5.74) is 11.0. The first kappa shape index (κ1) is 16.2. The van der Waals surface area contributed by atoms with Crippen molar-refractivity contribution in [3.63, 3.8) is 0 Å². The average molecular weight is 350 g/mol. The van der Waals surface area contributed by atoms with Crippen molar-refractivity contribution in [3.05, 3.63) is 51.3 Å². The summed E-state index contributed by atoms with van der Waals surface area (Å²) in [7, 11) is 0. The molecule has 1 aromatic heterocycles. The van der Waals surface area contributed by atoms with Crippen LogP contribution in [0.5, 0.6) is 0 Å². The highest BCUT2D eigenvalue weighted by Gasteiger charge is 2.17. The van der Waals surface area contributed by atoms with E-state index < -0.39 is 0 Å². The van der Waals surface area contributed by atoms with Gasteiger partial charge in [0.1, 0.15) is 0 Å². The molecule has 0 aliphatic rings. The Labute approximate surface area is 135 Å². The molecule has 3 nitrogen and oxygen atoms in total. The molecular weight excluding hydrogens is 326 g/mol. The van der Waals surface area contributed by atoms with E-state index in [1.54, 1.807) is 0 Å². The Balaban J connectivity index is 2.14. The number of aryl methyl sites for hydroxylation is 3. The van der Waals surface area contributed by atoms with Crippen LogP contribution in [0.25, 0.3) is 0 Å². The van der Waals surface area contributed by atoms with Crippen LogP contribution in [0, 0.1) is 19.8 Å². The Morgan fingerprint density at radius 3 is 2.43 bits per heavy atom. The van der Waals surface area contributed by atoms with Crippen LogP contribution >= 0.6 is 15.9 Å². The van der Waals surface area contributed by atoms with E-state index in [-0.39, 0.29) is 0 Å². The second-order valence-electron chi connectivity index (χ2n) is 5.66. The molecule has 0 saturated heterocycles. The van der Waals surface area contributed by atoms with E-state index in [4.69, 9.17) is 5.73 Å². The summed E-state index contributed by atoms with van der Waals surface area (Å²) in [4.78, 5) is 0. The van der Waals surface area contributed by atoms with E-state index in [0.717, 1.165) is 29.6 Å². The molecule has 114 valence electrons. The fraction of sp³-hybridized carbons (Fsp3) is 0.471. The maximum atomic E-state index is 6.00. The average Bonchev–Trinajstić information content (AvgIpc) is 2.76. The van der Waals surface area contributed by atoms with Gasteiger partial charge in [-0.15, -0.1) is 0 Å². The van der Waals surface area contributed by atoms with Crippen molar-refractivity contribution in [3.8, 4) is 0 Å². The lowest BCUT2D eigenvalue weighted by molar-refractivity contribution is 0.498. The largest absolute Gasteiger partial charge is 0.330 e. The normalized spacial score (nSPS) is 12.6. The van der Waals surface area contributed by atoms with Crippen LogP contribution in [0.2, 0.25) is 0 Å². The van der Waals surface area contributed by atoms with Gasteiger partial charge in [0.2, 0.25) is 0 Å². The van der Waals surface area contributed by atoms with Crippen LogP contribution in [0.15, 0.2) is 28.7 Å². The number of rotatable bonds is 6. The van der Waals surface area contributed by atoms with Crippen LogP contribution < -0.4 is 5.73 Å². The zero-order chi connectivity index (χ0) is 15.4. The zero-order valence-corrected chi connectivity index (χ0v) is 14.7. The van der Waals surface area contributed by atoms with Gasteiger partial charge in [0, 0.05) is 6.54 Å². The van der Waals surface area contributed by atoms with E-state index in [0.29, 0.717) is 12.5 Å². The molecule has 4 heteroatoms. The van der Waals surface area contributed by atoms with Crippen molar-refractivity contribution in [1.29, 1.82) is 0 Å².